The van der Waals surface area contributed by atoms with Gasteiger partial charge in [-0.1, -0.05) is 0 Å². The molecule has 4 heteroatoms. The minimum Gasteiger partial charge on any atom is -0.486 e. The lowest BCUT2D eigenvalue weighted by Gasteiger charge is -2.22. The van der Waals surface area contributed by atoms with Gasteiger partial charge in [-0.15, -0.1) is 0 Å². The van der Waals surface area contributed by atoms with Crippen molar-refractivity contribution < 1.29 is 14.3 Å². The van der Waals surface area contributed by atoms with Gasteiger partial charge in [-0.05, 0) is 44.2 Å². The van der Waals surface area contributed by atoms with Crippen molar-refractivity contribution in [3.8, 4) is 11.5 Å². The molecule has 1 heterocycles. The van der Waals surface area contributed by atoms with Crippen molar-refractivity contribution in [3.05, 3.63) is 23.3 Å². The third-order valence-corrected chi connectivity index (χ3v) is 3.29. The summed E-state index contributed by atoms with van der Waals surface area (Å²) in [5.74, 6) is 1.89. The van der Waals surface area contributed by atoms with Crippen LogP contribution in [0.4, 0.5) is 0 Å². The first kappa shape index (κ1) is 13.9. The van der Waals surface area contributed by atoms with Crippen molar-refractivity contribution in [1.82, 2.24) is 4.90 Å². The predicted octanol–water partition coefficient (Wildman–Crippen LogP) is 2.18. The Bertz CT molecular complexity index is 471. The molecule has 2 rings (SSSR count). The number of fused-ring (bicyclic) bond motifs is 1. The second kappa shape index (κ2) is 6.06. The van der Waals surface area contributed by atoms with Gasteiger partial charge < -0.3 is 14.4 Å². The number of carbonyl (C=O) groups excluding carboxylic acids is 1. The number of rotatable bonds is 5. The summed E-state index contributed by atoms with van der Waals surface area (Å²) in [6.07, 6.45) is 0.597. The van der Waals surface area contributed by atoms with Crippen LogP contribution in [0.2, 0.25) is 0 Å². The number of aryl methyl sites for hydroxylation is 1. The van der Waals surface area contributed by atoms with Crippen molar-refractivity contribution in [2.45, 2.75) is 26.8 Å². The zero-order valence-electron chi connectivity index (χ0n) is 11.9. The van der Waals surface area contributed by atoms with E-state index in [1.807, 2.05) is 19.2 Å². The Labute approximate surface area is 114 Å². The second-order valence-electron chi connectivity index (χ2n) is 5.11. The molecule has 1 aromatic carbocycles. The van der Waals surface area contributed by atoms with Crippen LogP contribution in [0.1, 0.15) is 24.5 Å². The molecular weight excluding hydrogens is 242 g/mol. The molecule has 0 unspecified atom stereocenters. The molecule has 4 nitrogen and oxygen atoms in total. The summed E-state index contributed by atoms with van der Waals surface area (Å²) in [4.78, 5) is 13.1. The molecule has 19 heavy (non-hydrogen) atoms. The smallest absolute Gasteiger partial charge is 0.161 e. The van der Waals surface area contributed by atoms with Crippen molar-refractivity contribution >= 4 is 5.78 Å². The Morgan fingerprint density at radius 2 is 1.89 bits per heavy atom. The summed E-state index contributed by atoms with van der Waals surface area (Å²) in [5.41, 5.74) is 2.41. The predicted molar refractivity (Wildman–Crippen MR) is 73.8 cm³/mol. The lowest BCUT2D eigenvalue weighted by atomic mass is 10.1. The monoisotopic (exact) mass is 263 g/mol. The van der Waals surface area contributed by atoms with Gasteiger partial charge in [0, 0.05) is 19.5 Å². The van der Waals surface area contributed by atoms with Crippen molar-refractivity contribution in [2.75, 3.05) is 26.8 Å². The SMILES string of the molecule is CC(=O)CCN(C)Cc1cc2c(cc1C)OCCO2. The molecule has 0 radical (unpaired) electrons. The van der Waals surface area contributed by atoms with Crippen LogP contribution in [0.5, 0.6) is 11.5 Å². The third kappa shape index (κ3) is 3.70. The molecule has 0 bridgehead atoms. The molecule has 0 amide bonds. The molecule has 104 valence electrons. The van der Waals surface area contributed by atoms with Crippen LogP contribution in [-0.4, -0.2) is 37.5 Å². The first-order valence-electron chi connectivity index (χ1n) is 6.63. The van der Waals surface area contributed by atoms with E-state index in [2.05, 4.69) is 11.8 Å². The summed E-state index contributed by atoms with van der Waals surface area (Å²) in [5, 5.41) is 0. The van der Waals surface area contributed by atoms with Crippen LogP contribution >= 0.6 is 0 Å². The maximum atomic E-state index is 11.0. The highest BCUT2D eigenvalue weighted by Crippen LogP contribution is 2.33. The minimum absolute atomic E-state index is 0.228. The zero-order valence-corrected chi connectivity index (χ0v) is 11.9. The molecule has 0 saturated carbocycles. The van der Waals surface area contributed by atoms with E-state index in [1.54, 1.807) is 6.92 Å². The van der Waals surface area contributed by atoms with Crippen molar-refractivity contribution in [1.29, 1.82) is 0 Å². The van der Waals surface area contributed by atoms with Gasteiger partial charge in [0.2, 0.25) is 0 Å². The summed E-state index contributed by atoms with van der Waals surface area (Å²) in [7, 11) is 2.03. The molecule has 0 aromatic heterocycles. The van der Waals surface area contributed by atoms with Crippen LogP contribution in [0, 0.1) is 6.92 Å². The third-order valence-electron chi connectivity index (χ3n) is 3.29. The van der Waals surface area contributed by atoms with Gasteiger partial charge in [0.05, 0.1) is 0 Å². The Balaban J connectivity index is 2.05. The molecule has 1 aliphatic rings. The fourth-order valence-electron chi connectivity index (χ4n) is 2.12. The highest BCUT2D eigenvalue weighted by molar-refractivity contribution is 5.75. The zero-order chi connectivity index (χ0) is 13.8. The van der Waals surface area contributed by atoms with Crippen LogP contribution < -0.4 is 9.47 Å². The molecule has 1 aromatic rings. The van der Waals surface area contributed by atoms with Gasteiger partial charge in [-0.3, -0.25) is 4.79 Å². The van der Waals surface area contributed by atoms with E-state index in [-0.39, 0.29) is 5.78 Å². The maximum absolute atomic E-state index is 11.0. The van der Waals surface area contributed by atoms with Crippen LogP contribution in [-0.2, 0) is 11.3 Å². The number of ether oxygens (including phenoxy) is 2. The molecule has 0 saturated heterocycles. The van der Waals surface area contributed by atoms with Crippen molar-refractivity contribution in [3.63, 3.8) is 0 Å². The molecule has 0 atom stereocenters. The summed E-state index contributed by atoms with van der Waals surface area (Å²) < 4.78 is 11.2. The lowest BCUT2D eigenvalue weighted by Crippen LogP contribution is -2.22. The molecule has 0 aliphatic carbocycles. The number of nitrogens with zero attached hydrogens (tertiary/aromatic N) is 1. The number of benzene rings is 1. The Kier molecular flexibility index (Phi) is 4.43. The fourth-order valence-corrected chi connectivity index (χ4v) is 2.12. The summed E-state index contributed by atoms with van der Waals surface area (Å²) >= 11 is 0. The van der Waals surface area contributed by atoms with Crippen LogP contribution in [0.15, 0.2) is 12.1 Å². The molecule has 1 aliphatic heterocycles. The van der Waals surface area contributed by atoms with Gasteiger partial charge in [0.1, 0.15) is 19.0 Å². The summed E-state index contributed by atoms with van der Waals surface area (Å²) in [6.45, 7) is 6.52. The standard InChI is InChI=1S/C15H21NO3/c1-11-8-14-15(19-7-6-18-14)9-13(11)10-16(3)5-4-12(2)17/h8-9H,4-7,10H2,1-3H3. The molecule has 0 N–H and O–H groups in total. The normalized spacial score (nSPS) is 13.7. The average molecular weight is 263 g/mol. The number of hydrogen-bond acceptors (Lipinski definition) is 4. The van der Waals surface area contributed by atoms with Crippen LogP contribution in [0.3, 0.4) is 0 Å². The average Bonchev–Trinajstić information content (AvgIpc) is 2.37. The van der Waals surface area contributed by atoms with Crippen molar-refractivity contribution in [2.24, 2.45) is 0 Å². The van der Waals surface area contributed by atoms with E-state index in [9.17, 15) is 4.79 Å². The van der Waals surface area contributed by atoms with E-state index < -0.39 is 0 Å². The molecular formula is C15H21NO3. The Morgan fingerprint density at radius 3 is 2.53 bits per heavy atom. The van der Waals surface area contributed by atoms with E-state index in [1.165, 1.54) is 11.1 Å². The number of carbonyl (C=O) groups is 1. The number of ketones is 1. The van der Waals surface area contributed by atoms with Gasteiger partial charge in [-0.25, -0.2) is 0 Å². The molecule has 0 spiro atoms. The van der Waals surface area contributed by atoms with Crippen LogP contribution in [0.25, 0.3) is 0 Å². The first-order valence-corrected chi connectivity index (χ1v) is 6.63. The number of Topliss-reactive ketones (excluding diaryl/α,β-unsaturated/α-hetero) is 1. The summed E-state index contributed by atoms with van der Waals surface area (Å²) in [6, 6.07) is 4.08. The van der Waals surface area contributed by atoms with E-state index in [0.717, 1.165) is 24.6 Å². The Hall–Kier alpha value is -1.55. The lowest BCUT2D eigenvalue weighted by molar-refractivity contribution is -0.117. The van der Waals surface area contributed by atoms with Gasteiger partial charge in [-0.2, -0.15) is 0 Å². The van der Waals surface area contributed by atoms with Gasteiger partial charge >= 0.3 is 0 Å². The highest BCUT2D eigenvalue weighted by Gasteiger charge is 2.15. The number of hydrogen-bond donors (Lipinski definition) is 0. The first-order chi connectivity index (χ1) is 9.06. The molecule has 0 fully saturated rings. The maximum Gasteiger partial charge on any atom is 0.161 e. The topological polar surface area (TPSA) is 38.8 Å². The van der Waals surface area contributed by atoms with E-state index in [0.29, 0.717) is 19.6 Å². The van der Waals surface area contributed by atoms with Gasteiger partial charge in [0.15, 0.2) is 11.5 Å². The quantitative estimate of drug-likeness (QED) is 0.816. The van der Waals surface area contributed by atoms with Gasteiger partial charge in [0.25, 0.3) is 0 Å². The highest BCUT2D eigenvalue weighted by atomic mass is 16.6. The largest absolute Gasteiger partial charge is 0.486 e. The minimum atomic E-state index is 0.228. The van der Waals surface area contributed by atoms with E-state index in [4.69, 9.17) is 9.47 Å². The Morgan fingerprint density at radius 1 is 1.26 bits per heavy atom. The van der Waals surface area contributed by atoms with E-state index >= 15 is 0 Å². The fraction of sp³-hybridized carbons (Fsp3) is 0.533. The second-order valence-corrected chi connectivity index (χ2v) is 5.11.